The normalized spacial score (nSPS) is 35.2. The second-order valence-corrected chi connectivity index (χ2v) is 11.6. The Morgan fingerprint density at radius 1 is 0.972 bits per heavy atom. The maximum Gasteiger partial charge on any atom is 0.311 e. The van der Waals surface area contributed by atoms with Crippen molar-refractivity contribution in [3.8, 4) is 0 Å². The van der Waals surface area contributed by atoms with Crippen molar-refractivity contribution < 1.29 is 24.5 Å². The van der Waals surface area contributed by atoms with E-state index in [1.54, 1.807) is 13.8 Å². The number of esters is 1. The quantitative estimate of drug-likeness (QED) is 0.557. The molecule has 2 heterocycles. The highest BCUT2D eigenvalue weighted by Gasteiger charge is 2.39. The Hall–Kier alpha value is -2.09. The van der Waals surface area contributed by atoms with Gasteiger partial charge in [0.1, 0.15) is 16.9 Å². The van der Waals surface area contributed by atoms with Crippen LogP contribution in [-0.4, -0.2) is 45.3 Å². The molecular formula is C29H41NO5S. The van der Waals surface area contributed by atoms with Gasteiger partial charge in [0.25, 0.3) is 0 Å². The number of thiazole rings is 1. The van der Waals surface area contributed by atoms with Crippen molar-refractivity contribution in [3.63, 3.8) is 0 Å². The van der Waals surface area contributed by atoms with Gasteiger partial charge in [-0.1, -0.05) is 65.0 Å². The molecule has 0 amide bonds. The molecule has 2 aromatic rings. The summed E-state index contributed by atoms with van der Waals surface area (Å²) in [5.74, 6) is -2.44. The number of aromatic nitrogens is 1. The summed E-state index contributed by atoms with van der Waals surface area (Å²) in [6.07, 6.45) is -1.05. The SMILES string of the molecule is CCC1OC(=O)C(C)C(O)C(C)C(c2ccccc2)C(C)Cc2csc(n2)CC(=O)C(C)C(O)C1C. The lowest BCUT2D eigenvalue weighted by molar-refractivity contribution is -0.164. The van der Waals surface area contributed by atoms with E-state index in [9.17, 15) is 19.8 Å². The smallest absolute Gasteiger partial charge is 0.311 e. The number of carbonyl (C=O) groups excluding carboxylic acids is 2. The van der Waals surface area contributed by atoms with Gasteiger partial charge < -0.3 is 14.9 Å². The fourth-order valence-electron chi connectivity index (χ4n) is 5.61. The highest BCUT2D eigenvalue weighted by molar-refractivity contribution is 7.09. The number of aliphatic hydroxyl groups excluding tert-OH is 2. The first-order valence-corrected chi connectivity index (χ1v) is 14.0. The van der Waals surface area contributed by atoms with Crippen molar-refractivity contribution in [2.24, 2.45) is 29.6 Å². The average Bonchev–Trinajstić information content (AvgIpc) is 3.31. The topological polar surface area (TPSA) is 96.7 Å². The van der Waals surface area contributed by atoms with Crippen molar-refractivity contribution in [2.45, 2.75) is 85.0 Å². The van der Waals surface area contributed by atoms with Crippen LogP contribution < -0.4 is 0 Å². The summed E-state index contributed by atoms with van der Waals surface area (Å²) in [5, 5.41) is 25.1. The Kier molecular flexibility index (Phi) is 9.84. The lowest BCUT2D eigenvalue weighted by Gasteiger charge is -2.35. The largest absolute Gasteiger partial charge is 0.462 e. The molecule has 0 saturated carbocycles. The average molecular weight is 516 g/mol. The lowest BCUT2D eigenvalue weighted by Crippen LogP contribution is -2.42. The van der Waals surface area contributed by atoms with Crippen LogP contribution in [0, 0.1) is 29.6 Å². The van der Waals surface area contributed by atoms with Gasteiger partial charge in [-0.05, 0) is 43.1 Å². The number of aliphatic hydroxyl groups is 2. The van der Waals surface area contributed by atoms with Crippen LogP contribution in [0.3, 0.4) is 0 Å². The molecule has 1 aromatic heterocycles. The zero-order valence-corrected chi connectivity index (χ0v) is 23.1. The number of Topliss-reactive ketones (excluding diaryl/α,β-unsaturated/α-hetero) is 1. The summed E-state index contributed by atoms with van der Waals surface area (Å²) in [6, 6.07) is 10.1. The van der Waals surface area contributed by atoms with Crippen LogP contribution >= 0.6 is 11.3 Å². The van der Waals surface area contributed by atoms with Crippen LogP contribution in [0.5, 0.6) is 0 Å². The first kappa shape index (κ1) is 28.5. The minimum Gasteiger partial charge on any atom is -0.462 e. The molecule has 36 heavy (non-hydrogen) atoms. The number of ether oxygens (including phenoxy) is 1. The van der Waals surface area contributed by atoms with Gasteiger partial charge in [-0.2, -0.15) is 0 Å². The molecule has 1 aromatic carbocycles. The van der Waals surface area contributed by atoms with Crippen LogP contribution in [0.4, 0.5) is 0 Å². The van der Waals surface area contributed by atoms with Crippen LogP contribution in [0.25, 0.3) is 0 Å². The molecule has 3 rings (SSSR count). The molecule has 9 unspecified atom stereocenters. The fourth-order valence-corrected chi connectivity index (χ4v) is 6.42. The summed E-state index contributed by atoms with van der Waals surface area (Å²) in [4.78, 5) is 30.9. The van der Waals surface area contributed by atoms with E-state index in [0.717, 1.165) is 16.3 Å². The molecule has 9 atom stereocenters. The van der Waals surface area contributed by atoms with E-state index in [4.69, 9.17) is 9.72 Å². The Labute approximate surface area is 219 Å². The predicted octanol–water partition coefficient (Wildman–Crippen LogP) is 4.82. The third kappa shape index (κ3) is 6.42. The number of cyclic esters (lactones) is 1. The summed E-state index contributed by atoms with van der Waals surface area (Å²) in [5.41, 5.74) is 2.03. The monoisotopic (exact) mass is 515 g/mol. The maximum atomic E-state index is 13.2. The van der Waals surface area contributed by atoms with Crippen LogP contribution in [0.1, 0.15) is 70.1 Å². The van der Waals surface area contributed by atoms with Gasteiger partial charge in [-0.25, -0.2) is 4.98 Å². The number of carbonyl (C=O) groups is 2. The van der Waals surface area contributed by atoms with E-state index in [1.165, 1.54) is 11.3 Å². The standard InChI is InChI=1S/C29H41NO5S/c1-7-24-18(4)27(32)17(3)23(31)14-25-30-22(15-36-25)13-16(2)26(21-11-9-8-10-12-21)19(5)28(33)20(6)29(34)35-24/h8-12,15-20,24,26-28,32-33H,7,13-14H2,1-6H3. The summed E-state index contributed by atoms with van der Waals surface area (Å²) in [6.45, 7) is 11.3. The molecule has 198 valence electrons. The van der Waals surface area contributed by atoms with Gasteiger partial charge in [-0.15, -0.1) is 11.3 Å². The minimum atomic E-state index is -0.952. The van der Waals surface area contributed by atoms with Crippen molar-refractivity contribution >= 4 is 23.1 Å². The zero-order valence-electron chi connectivity index (χ0n) is 22.3. The van der Waals surface area contributed by atoms with Crippen molar-refractivity contribution in [1.82, 2.24) is 4.98 Å². The second-order valence-electron chi connectivity index (χ2n) is 10.7. The van der Waals surface area contributed by atoms with E-state index < -0.39 is 42.0 Å². The predicted molar refractivity (Wildman–Crippen MR) is 142 cm³/mol. The fraction of sp³-hybridized carbons (Fsp3) is 0.621. The Morgan fingerprint density at radius 3 is 2.25 bits per heavy atom. The molecule has 0 saturated heterocycles. The summed E-state index contributed by atoms with van der Waals surface area (Å²) >= 11 is 1.47. The van der Waals surface area contributed by atoms with Gasteiger partial charge in [0.2, 0.25) is 0 Å². The van der Waals surface area contributed by atoms with Gasteiger partial charge >= 0.3 is 5.97 Å². The zero-order chi connectivity index (χ0) is 26.6. The number of benzene rings is 1. The third-order valence-corrected chi connectivity index (χ3v) is 8.96. The van der Waals surface area contributed by atoms with E-state index in [-0.39, 0.29) is 30.0 Å². The maximum absolute atomic E-state index is 13.2. The number of fused-ring (bicyclic) bond motifs is 2. The van der Waals surface area contributed by atoms with Gasteiger partial charge in [0, 0.05) is 17.2 Å². The second kappa shape index (κ2) is 12.4. The van der Waals surface area contributed by atoms with Gasteiger partial charge in [-0.3, -0.25) is 9.59 Å². The highest BCUT2D eigenvalue weighted by atomic mass is 32.1. The van der Waals surface area contributed by atoms with Gasteiger partial charge in [0.05, 0.1) is 30.2 Å². The molecule has 1 aliphatic rings. The van der Waals surface area contributed by atoms with Crippen molar-refractivity contribution in [3.05, 3.63) is 52.0 Å². The molecule has 2 N–H and O–H groups in total. The Bertz CT molecular complexity index is 1010. The van der Waals surface area contributed by atoms with E-state index >= 15 is 0 Å². The molecule has 2 bridgehead atoms. The number of hydrogen-bond donors (Lipinski definition) is 2. The molecule has 0 radical (unpaired) electrons. The highest BCUT2D eigenvalue weighted by Crippen LogP contribution is 2.38. The van der Waals surface area contributed by atoms with E-state index in [2.05, 4.69) is 19.1 Å². The van der Waals surface area contributed by atoms with Gasteiger partial charge in [0.15, 0.2) is 0 Å². The third-order valence-electron chi connectivity index (χ3n) is 8.06. The summed E-state index contributed by atoms with van der Waals surface area (Å²) < 4.78 is 5.83. The number of rotatable bonds is 2. The summed E-state index contributed by atoms with van der Waals surface area (Å²) in [7, 11) is 0. The van der Waals surface area contributed by atoms with Crippen LogP contribution in [0.15, 0.2) is 35.7 Å². The molecular weight excluding hydrogens is 474 g/mol. The number of nitrogens with zero attached hydrogens (tertiary/aromatic N) is 1. The number of hydrogen-bond acceptors (Lipinski definition) is 7. The first-order chi connectivity index (χ1) is 17.0. The lowest BCUT2D eigenvalue weighted by atomic mass is 9.72. The van der Waals surface area contributed by atoms with Crippen molar-refractivity contribution in [1.29, 1.82) is 0 Å². The number of ketones is 1. The first-order valence-electron chi connectivity index (χ1n) is 13.1. The van der Waals surface area contributed by atoms with Crippen molar-refractivity contribution in [2.75, 3.05) is 0 Å². The molecule has 7 heteroatoms. The minimum absolute atomic E-state index is 0.0124. The molecule has 0 fully saturated rings. The van der Waals surface area contributed by atoms with E-state index in [1.807, 2.05) is 44.4 Å². The molecule has 0 spiro atoms. The van der Waals surface area contributed by atoms with Crippen LogP contribution in [0.2, 0.25) is 0 Å². The molecule has 1 aliphatic heterocycles. The molecule has 6 nitrogen and oxygen atoms in total. The molecule has 0 aliphatic carbocycles. The van der Waals surface area contributed by atoms with E-state index in [0.29, 0.717) is 12.8 Å². The van der Waals surface area contributed by atoms with Crippen LogP contribution in [-0.2, 0) is 27.2 Å². The Morgan fingerprint density at radius 2 is 1.61 bits per heavy atom. The Balaban J connectivity index is 2.00.